The molecule has 20 heavy (non-hydrogen) atoms. The summed E-state index contributed by atoms with van der Waals surface area (Å²) in [4.78, 5) is 18.1. The highest BCUT2D eigenvalue weighted by atomic mass is 16.1. The van der Waals surface area contributed by atoms with Crippen LogP contribution in [-0.4, -0.2) is 36.6 Å². The van der Waals surface area contributed by atoms with Gasteiger partial charge >= 0.3 is 0 Å². The molecule has 5 heteroatoms. The van der Waals surface area contributed by atoms with Crippen LogP contribution in [0.1, 0.15) is 36.2 Å². The predicted octanol–water partition coefficient (Wildman–Crippen LogP) is 1.15. The summed E-state index contributed by atoms with van der Waals surface area (Å²) in [6, 6.07) is 6.15. The molecule has 1 amide bonds. The van der Waals surface area contributed by atoms with Gasteiger partial charge in [-0.15, -0.1) is 0 Å². The number of hydrogen-bond donors (Lipinski definition) is 2. The first kappa shape index (κ1) is 13.4. The quantitative estimate of drug-likeness (QED) is 0.845. The number of nitrogens with zero attached hydrogens (tertiary/aromatic N) is 2. The van der Waals surface area contributed by atoms with Gasteiger partial charge in [0.1, 0.15) is 11.5 Å². The van der Waals surface area contributed by atoms with E-state index in [1.807, 2.05) is 12.1 Å². The molecular formula is C15H22N4O. The Balaban J connectivity index is 1.75. The second-order valence-electron chi connectivity index (χ2n) is 5.82. The molecule has 2 aliphatic rings. The molecule has 0 unspecified atom stereocenters. The molecule has 1 aromatic rings. The fourth-order valence-electron chi connectivity index (χ4n) is 2.88. The van der Waals surface area contributed by atoms with E-state index in [4.69, 9.17) is 5.73 Å². The molecule has 0 bridgehead atoms. The van der Waals surface area contributed by atoms with Crippen LogP contribution < -0.4 is 16.0 Å². The number of aromatic nitrogens is 1. The Labute approximate surface area is 119 Å². The van der Waals surface area contributed by atoms with E-state index in [1.165, 1.54) is 25.7 Å². The largest absolute Gasteiger partial charge is 0.364 e. The highest BCUT2D eigenvalue weighted by Gasteiger charge is 2.32. The lowest BCUT2D eigenvalue weighted by Gasteiger charge is -2.31. The number of pyridine rings is 1. The van der Waals surface area contributed by atoms with E-state index >= 15 is 0 Å². The molecule has 1 saturated heterocycles. The molecule has 0 radical (unpaired) electrons. The van der Waals surface area contributed by atoms with Crippen LogP contribution in [-0.2, 0) is 0 Å². The van der Waals surface area contributed by atoms with Gasteiger partial charge in [0, 0.05) is 12.6 Å². The van der Waals surface area contributed by atoms with Crippen LogP contribution in [0.2, 0.25) is 0 Å². The molecule has 0 aromatic carbocycles. The molecule has 3 rings (SSSR count). The third kappa shape index (κ3) is 3.10. The average Bonchev–Trinajstić information content (AvgIpc) is 3.30. The van der Waals surface area contributed by atoms with Gasteiger partial charge < -0.3 is 16.0 Å². The Kier molecular flexibility index (Phi) is 3.87. The van der Waals surface area contributed by atoms with Gasteiger partial charge in [0.15, 0.2) is 0 Å². The molecular weight excluding hydrogens is 252 g/mol. The average molecular weight is 274 g/mol. The van der Waals surface area contributed by atoms with Gasteiger partial charge in [-0.1, -0.05) is 6.07 Å². The Morgan fingerprint density at radius 3 is 2.70 bits per heavy atom. The van der Waals surface area contributed by atoms with Crippen LogP contribution in [0.25, 0.3) is 0 Å². The maximum Gasteiger partial charge on any atom is 0.267 e. The zero-order valence-corrected chi connectivity index (χ0v) is 11.7. The predicted molar refractivity (Wildman–Crippen MR) is 78.7 cm³/mol. The number of carbonyl (C=O) groups excluding carboxylic acids is 1. The minimum absolute atomic E-state index is 0.360. The summed E-state index contributed by atoms with van der Waals surface area (Å²) in [6.07, 6.45) is 4.90. The van der Waals surface area contributed by atoms with Crippen molar-refractivity contribution in [2.24, 2.45) is 11.7 Å². The lowest BCUT2D eigenvalue weighted by atomic mass is 9.97. The van der Waals surface area contributed by atoms with Crippen LogP contribution in [0.5, 0.6) is 0 Å². The topological polar surface area (TPSA) is 71.2 Å². The number of amides is 1. The molecule has 2 fully saturated rings. The molecule has 1 aromatic heterocycles. The van der Waals surface area contributed by atoms with Crippen molar-refractivity contribution in [3.8, 4) is 0 Å². The van der Waals surface area contributed by atoms with Crippen LogP contribution in [0, 0.1) is 5.92 Å². The van der Waals surface area contributed by atoms with Gasteiger partial charge in [-0.2, -0.15) is 0 Å². The molecule has 1 saturated carbocycles. The SMILES string of the molecule is NC(=O)c1cccc(N(CC2CCNCC2)C2CC2)n1. The van der Waals surface area contributed by atoms with E-state index in [0.29, 0.717) is 11.7 Å². The zero-order chi connectivity index (χ0) is 13.9. The summed E-state index contributed by atoms with van der Waals surface area (Å²) in [6.45, 7) is 3.26. The molecule has 1 aliphatic heterocycles. The fraction of sp³-hybridized carbons (Fsp3) is 0.600. The van der Waals surface area contributed by atoms with Gasteiger partial charge in [-0.05, 0) is 56.8 Å². The summed E-state index contributed by atoms with van der Waals surface area (Å²) >= 11 is 0. The first-order valence-electron chi connectivity index (χ1n) is 7.48. The van der Waals surface area contributed by atoms with Gasteiger partial charge in [-0.25, -0.2) is 4.98 Å². The molecule has 108 valence electrons. The van der Waals surface area contributed by atoms with E-state index in [0.717, 1.165) is 31.4 Å². The number of nitrogens with one attached hydrogen (secondary N) is 1. The molecule has 2 heterocycles. The maximum atomic E-state index is 11.3. The lowest BCUT2D eigenvalue weighted by molar-refractivity contribution is 0.0995. The normalized spacial score (nSPS) is 19.8. The molecule has 5 nitrogen and oxygen atoms in total. The minimum Gasteiger partial charge on any atom is -0.364 e. The number of hydrogen-bond acceptors (Lipinski definition) is 4. The van der Waals surface area contributed by atoms with Gasteiger partial charge in [0.2, 0.25) is 0 Å². The Morgan fingerprint density at radius 1 is 1.30 bits per heavy atom. The number of anilines is 1. The Hall–Kier alpha value is -1.62. The van der Waals surface area contributed by atoms with E-state index < -0.39 is 5.91 Å². The fourth-order valence-corrected chi connectivity index (χ4v) is 2.88. The maximum absolute atomic E-state index is 11.3. The third-order valence-electron chi connectivity index (χ3n) is 4.18. The summed E-state index contributed by atoms with van der Waals surface area (Å²) in [5.74, 6) is 1.17. The van der Waals surface area contributed by atoms with Crippen molar-refractivity contribution in [2.75, 3.05) is 24.5 Å². The highest BCUT2D eigenvalue weighted by Crippen LogP contribution is 2.32. The van der Waals surface area contributed by atoms with Crippen molar-refractivity contribution >= 4 is 11.7 Å². The Bertz CT molecular complexity index is 481. The van der Waals surface area contributed by atoms with Gasteiger partial charge in [0.05, 0.1) is 0 Å². The smallest absolute Gasteiger partial charge is 0.267 e. The van der Waals surface area contributed by atoms with Crippen LogP contribution >= 0.6 is 0 Å². The van der Waals surface area contributed by atoms with Crippen molar-refractivity contribution in [3.05, 3.63) is 23.9 Å². The van der Waals surface area contributed by atoms with Crippen molar-refractivity contribution < 1.29 is 4.79 Å². The lowest BCUT2D eigenvalue weighted by Crippen LogP contribution is -2.38. The molecule has 3 N–H and O–H groups in total. The molecule has 0 spiro atoms. The van der Waals surface area contributed by atoms with Crippen molar-refractivity contribution in [1.29, 1.82) is 0 Å². The van der Waals surface area contributed by atoms with Crippen molar-refractivity contribution in [1.82, 2.24) is 10.3 Å². The van der Waals surface area contributed by atoms with Crippen LogP contribution in [0.3, 0.4) is 0 Å². The second-order valence-corrected chi connectivity index (χ2v) is 5.82. The summed E-state index contributed by atoms with van der Waals surface area (Å²) in [5.41, 5.74) is 5.69. The van der Waals surface area contributed by atoms with Crippen molar-refractivity contribution in [2.45, 2.75) is 31.7 Å². The zero-order valence-electron chi connectivity index (χ0n) is 11.7. The minimum atomic E-state index is -0.454. The number of carbonyl (C=O) groups is 1. The highest BCUT2D eigenvalue weighted by molar-refractivity contribution is 5.91. The molecule has 0 atom stereocenters. The first-order chi connectivity index (χ1) is 9.74. The standard InChI is InChI=1S/C15H22N4O/c16-15(20)13-2-1-3-14(18-13)19(12-4-5-12)10-11-6-8-17-9-7-11/h1-3,11-12,17H,4-10H2,(H2,16,20). The molecule has 1 aliphatic carbocycles. The number of primary amides is 1. The van der Waals surface area contributed by atoms with E-state index in [9.17, 15) is 4.79 Å². The van der Waals surface area contributed by atoms with Crippen LogP contribution in [0.15, 0.2) is 18.2 Å². The summed E-state index contributed by atoms with van der Waals surface area (Å²) in [7, 11) is 0. The summed E-state index contributed by atoms with van der Waals surface area (Å²) < 4.78 is 0. The number of piperidine rings is 1. The monoisotopic (exact) mass is 274 g/mol. The number of nitrogens with two attached hydrogens (primary N) is 1. The Morgan fingerprint density at radius 2 is 2.05 bits per heavy atom. The van der Waals surface area contributed by atoms with E-state index in [1.54, 1.807) is 6.07 Å². The third-order valence-corrected chi connectivity index (χ3v) is 4.18. The van der Waals surface area contributed by atoms with Gasteiger partial charge in [0.25, 0.3) is 5.91 Å². The van der Waals surface area contributed by atoms with Gasteiger partial charge in [-0.3, -0.25) is 4.79 Å². The van der Waals surface area contributed by atoms with Crippen molar-refractivity contribution in [3.63, 3.8) is 0 Å². The second kappa shape index (κ2) is 5.79. The first-order valence-corrected chi connectivity index (χ1v) is 7.48. The van der Waals surface area contributed by atoms with E-state index in [2.05, 4.69) is 15.2 Å². The van der Waals surface area contributed by atoms with E-state index in [-0.39, 0.29) is 0 Å². The van der Waals surface area contributed by atoms with Crippen LogP contribution in [0.4, 0.5) is 5.82 Å². The number of rotatable bonds is 5. The summed E-state index contributed by atoms with van der Waals surface area (Å²) in [5, 5.41) is 3.40.